The van der Waals surface area contributed by atoms with E-state index in [0.29, 0.717) is 31.5 Å². The minimum Gasteiger partial charge on any atom is -0.458 e. The molecular formula is C19H29NO4. The highest BCUT2D eigenvalue weighted by Crippen LogP contribution is 2.49. The molecule has 0 spiro atoms. The molecule has 2 aliphatic heterocycles. The molecule has 0 aromatic carbocycles. The standard InChI is InChI=1S/C19H29NO4/c21-17-11-14(12-20(17)16-5-3-1-2-4-6-16)18(22)24-19(8-9-19)15-7-10-23-13-15/h14-16H,1-13H2/t14-,15-/m0/s1. The molecule has 2 atom stereocenters. The average Bonchev–Trinajstić information content (AvgIpc) is 3.05. The van der Waals surface area contributed by atoms with E-state index in [0.717, 1.165) is 38.7 Å². The second-order valence-electron chi connectivity index (χ2n) is 8.14. The molecule has 0 N–H and O–H groups in total. The van der Waals surface area contributed by atoms with Crippen molar-refractivity contribution in [3.8, 4) is 0 Å². The lowest BCUT2D eigenvalue weighted by Gasteiger charge is -2.27. The number of carbonyl (C=O) groups excluding carboxylic acids is 2. The number of ether oxygens (including phenoxy) is 2. The molecule has 0 unspecified atom stereocenters. The van der Waals surface area contributed by atoms with Crippen LogP contribution in [0.1, 0.15) is 64.2 Å². The monoisotopic (exact) mass is 335 g/mol. The third-order valence-corrected chi connectivity index (χ3v) is 6.48. The zero-order valence-corrected chi connectivity index (χ0v) is 14.5. The van der Waals surface area contributed by atoms with Crippen LogP contribution in [-0.2, 0) is 19.1 Å². The van der Waals surface area contributed by atoms with E-state index < -0.39 is 0 Å². The van der Waals surface area contributed by atoms with E-state index in [1.54, 1.807) is 0 Å². The van der Waals surface area contributed by atoms with E-state index >= 15 is 0 Å². The Morgan fingerprint density at radius 2 is 1.88 bits per heavy atom. The summed E-state index contributed by atoms with van der Waals surface area (Å²) in [6.45, 7) is 2.06. The first kappa shape index (κ1) is 16.4. The van der Waals surface area contributed by atoms with Crippen LogP contribution in [-0.4, -0.2) is 48.2 Å². The van der Waals surface area contributed by atoms with Gasteiger partial charge in [-0.3, -0.25) is 9.59 Å². The molecule has 0 bridgehead atoms. The second-order valence-corrected chi connectivity index (χ2v) is 8.14. The Labute approximate surface area is 144 Å². The van der Waals surface area contributed by atoms with Crippen LogP contribution in [0.3, 0.4) is 0 Å². The quantitative estimate of drug-likeness (QED) is 0.585. The van der Waals surface area contributed by atoms with Gasteiger partial charge in [0, 0.05) is 31.5 Å². The Morgan fingerprint density at radius 1 is 1.12 bits per heavy atom. The van der Waals surface area contributed by atoms with Gasteiger partial charge in [-0.25, -0.2) is 0 Å². The van der Waals surface area contributed by atoms with Gasteiger partial charge in [0.05, 0.1) is 12.5 Å². The Hall–Kier alpha value is -1.10. The van der Waals surface area contributed by atoms with E-state index in [9.17, 15) is 9.59 Å². The fourth-order valence-corrected chi connectivity index (χ4v) is 4.76. The van der Waals surface area contributed by atoms with Crippen molar-refractivity contribution in [1.82, 2.24) is 4.90 Å². The van der Waals surface area contributed by atoms with Crippen LogP contribution in [0.15, 0.2) is 0 Å². The van der Waals surface area contributed by atoms with Crippen molar-refractivity contribution in [3.63, 3.8) is 0 Å². The molecule has 4 aliphatic rings. The van der Waals surface area contributed by atoms with Gasteiger partial charge in [0.25, 0.3) is 0 Å². The average molecular weight is 335 g/mol. The highest BCUT2D eigenvalue weighted by molar-refractivity contribution is 5.87. The normalized spacial score (nSPS) is 33.5. The molecule has 24 heavy (non-hydrogen) atoms. The van der Waals surface area contributed by atoms with Crippen molar-refractivity contribution in [2.75, 3.05) is 19.8 Å². The van der Waals surface area contributed by atoms with Crippen LogP contribution in [0.25, 0.3) is 0 Å². The maximum absolute atomic E-state index is 12.7. The largest absolute Gasteiger partial charge is 0.458 e. The van der Waals surface area contributed by atoms with Crippen molar-refractivity contribution in [3.05, 3.63) is 0 Å². The molecule has 4 rings (SSSR count). The van der Waals surface area contributed by atoms with Crippen LogP contribution < -0.4 is 0 Å². The van der Waals surface area contributed by atoms with Crippen molar-refractivity contribution in [2.24, 2.45) is 11.8 Å². The summed E-state index contributed by atoms with van der Waals surface area (Å²) < 4.78 is 11.4. The van der Waals surface area contributed by atoms with Gasteiger partial charge in [0.2, 0.25) is 5.91 Å². The van der Waals surface area contributed by atoms with E-state index in [-0.39, 0.29) is 23.4 Å². The molecule has 1 amide bonds. The lowest BCUT2D eigenvalue weighted by Crippen LogP contribution is -2.37. The molecule has 0 aromatic rings. The van der Waals surface area contributed by atoms with Gasteiger partial charge in [-0.15, -0.1) is 0 Å². The van der Waals surface area contributed by atoms with Crippen LogP contribution in [0.5, 0.6) is 0 Å². The van der Waals surface area contributed by atoms with Gasteiger partial charge in [-0.2, -0.15) is 0 Å². The summed E-state index contributed by atoms with van der Waals surface area (Å²) in [6, 6.07) is 0.343. The van der Waals surface area contributed by atoms with E-state index in [4.69, 9.17) is 9.47 Å². The molecule has 0 aromatic heterocycles. The minimum atomic E-state index is -0.271. The molecule has 4 fully saturated rings. The fraction of sp³-hybridized carbons (Fsp3) is 0.895. The number of carbonyl (C=O) groups is 2. The zero-order valence-electron chi connectivity index (χ0n) is 14.5. The summed E-state index contributed by atoms with van der Waals surface area (Å²) in [5.41, 5.74) is -0.271. The van der Waals surface area contributed by atoms with Gasteiger partial charge < -0.3 is 14.4 Å². The summed E-state index contributed by atoms with van der Waals surface area (Å²) in [4.78, 5) is 27.1. The van der Waals surface area contributed by atoms with Gasteiger partial charge >= 0.3 is 5.97 Å². The predicted octanol–water partition coefficient (Wildman–Crippen LogP) is 2.67. The highest BCUT2D eigenvalue weighted by Gasteiger charge is 2.55. The van der Waals surface area contributed by atoms with Crippen LogP contribution in [0, 0.1) is 11.8 Å². The zero-order chi connectivity index (χ0) is 16.6. The first-order valence-corrected chi connectivity index (χ1v) is 9.78. The number of hydrogen-bond acceptors (Lipinski definition) is 4. The predicted molar refractivity (Wildman–Crippen MR) is 88.3 cm³/mol. The molecule has 134 valence electrons. The third kappa shape index (κ3) is 3.19. The van der Waals surface area contributed by atoms with Crippen molar-refractivity contribution < 1.29 is 19.1 Å². The first-order chi connectivity index (χ1) is 11.7. The molecular weight excluding hydrogens is 306 g/mol. The van der Waals surface area contributed by atoms with Crippen LogP contribution >= 0.6 is 0 Å². The third-order valence-electron chi connectivity index (χ3n) is 6.48. The molecule has 5 heteroatoms. The molecule has 0 radical (unpaired) electrons. The maximum Gasteiger partial charge on any atom is 0.311 e. The van der Waals surface area contributed by atoms with Crippen molar-refractivity contribution >= 4 is 11.9 Å². The van der Waals surface area contributed by atoms with E-state index in [1.165, 1.54) is 25.7 Å². The summed E-state index contributed by atoms with van der Waals surface area (Å²) >= 11 is 0. The van der Waals surface area contributed by atoms with Crippen molar-refractivity contribution in [2.45, 2.75) is 75.9 Å². The highest BCUT2D eigenvalue weighted by atomic mass is 16.6. The van der Waals surface area contributed by atoms with Gasteiger partial charge in [-0.1, -0.05) is 25.7 Å². The fourth-order valence-electron chi connectivity index (χ4n) is 4.76. The molecule has 2 saturated heterocycles. The number of likely N-dealkylation sites (tertiary alicyclic amines) is 1. The summed E-state index contributed by atoms with van der Waals surface area (Å²) in [6.07, 6.45) is 10.4. The minimum absolute atomic E-state index is 0.149. The van der Waals surface area contributed by atoms with Gasteiger partial charge in [0.15, 0.2) is 0 Å². The van der Waals surface area contributed by atoms with Crippen molar-refractivity contribution in [1.29, 1.82) is 0 Å². The Bertz CT molecular complexity index is 488. The SMILES string of the molecule is O=C(OC1([C@H]2CCOC2)CC1)[C@H]1CC(=O)N(C2CCCCCC2)C1. The number of nitrogens with zero attached hydrogens (tertiary/aromatic N) is 1. The molecule has 2 aliphatic carbocycles. The van der Waals surface area contributed by atoms with Gasteiger partial charge in [-0.05, 0) is 32.1 Å². The molecule has 2 saturated carbocycles. The van der Waals surface area contributed by atoms with Gasteiger partial charge in [0.1, 0.15) is 5.60 Å². The molecule has 2 heterocycles. The Balaban J connectivity index is 1.35. The number of rotatable bonds is 4. The summed E-state index contributed by atoms with van der Waals surface area (Å²) in [5.74, 6) is 0.0961. The molecule has 5 nitrogen and oxygen atoms in total. The summed E-state index contributed by atoms with van der Waals surface area (Å²) in [7, 11) is 0. The maximum atomic E-state index is 12.7. The first-order valence-electron chi connectivity index (χ1n) is 9.78. The number of esters is 1. The Morgan fingerprint density at radius 3 is 2.50 bits per heavy atom. The smallest absolute Gasteiger partial charge is 0.311 e. The van der Waals surface area contributed by atoms with E-state index in [1.807, 2.05) is 4.90 Å². The Kier molecular flexibility index (Phi) is 4.54. The topological polar surface area (TPSA) is 55.8 Å². The second kappa shape index (κ2) is 6.66. The lowest BCUT2D eigenvalue weighted by atomic mass is 9.99. The van der Waals surface area contributed by atoms with E-state index in [2.05, 4.69) is 0 Å². The number of amides is 1. The number of hydrogen-bond donors (Lipinski definition) is 0. The van der Waals surface area contributed by atoms with Crippen LogP contribution in [0.2, 0.25) is 0 Å². The lowest BCUT2D eigenvalue weighted by molar-refractivity contribution is -0.159. The van der Waals surface area contributed by atoms with Crippen LogP contribution in [0.4, 0.5) is 0 Å². The summed E-state index contributed by atoms with van der Waals surface area (Å²) in [5, 5.41) is 0.